The van der Waals surface area contributed by atoms with E-state index in [1.54, 1.807) is 0 Å². The van der Waals surface area contributed by atoms with Crippen LogP contribution >= 0.6 is 0 Å². The zero-order valence-corrected chi connectivity index (χ0v) is 9.77. The molecule has 7 heteroatoms. The number of hydrogen-bond donors (Lipinski definition) is 4. The summed E-state index contributed by atoms with van der Waals surface area (Å²) < 4.78 is 0. The van der Waals surface area contributed by atoms with Crippen LogP contribution in [0.3, 0.4) is 0 Å². The molecule has 0 bridgehead atoms. The predicted molar refractivity (Wildman–Crippen MR) is 62.3 cm³/mol. The van der Waals surface area contributed by atoms with E-state index in [1.165, 1.54) is 25.4 Å². The van der Waals surface area contributed by atoms with Crippen LogP contribution in [0.1, 0.15) is 23.7 Å². The fraction of sp³-hybridized carbons (Fsp3) is 0.364. The summed E-state index contributed by atoms with van der Waals surface area (Å²) in [4.78, 5) is 36.0. The van der Waals surface area contributed by atoms with Crippen LogP contribution in [0.25, 0.3) is 0 Å². The van der Waals surface area contributed by atoms with Gasteiger partial charge in [0.15, 0.2) is 5.43 Å². The lowest BCUT2D eigenvalue weighted by Crippen LogP contribution is -2.43. The van der Waals surface area contributed by atoms with Crippen LogP contribution in [0.15, 0.2) is 23.3 Å². The van der Waals surface area contributed by atoms with Gasteiger partial charge in [-0.05, 0) is 6.92 Å². The highest BCUT2D eigenvalue weighted by molar-refractivity contribution is 5.93. The summed E-state index contributed by atoms with van der Waals surface area (Å²) in [5.74, 6) is -1.84. The summed E-state index contributed by atoms with van der Waals surface area (Å²) >= 11 is 0. The highest BCUT2D eigenvalue weighted by Crippen LogP contribution is 2.07. The van der Waals surface area contributed by atoms with Gasteiger partial charge in [-0.25, -0.2) is 0 Å². The molecule has 1 unspecified atom stereocenters. The summed E-state index contributed by atoms with van der Waals surface area (Å²) in [5, 5.41) is 20.5. The van der Waals surface area contributed by atoms with Gasteiger partial charge in [0.05, 0.1) is 12.0 Å². The number of carboxylic acid groups (broad SMARTS) is 1. The quantitative estimate of drug-likeness (QED) is 0.555. The Labute approximate surface area is 102 Å². The number of hydrogen-bond acceptors (Lipinski definition) is 4. The minimum absolute atomic E-state index is 0.0939. The third-order valence-corrected chi connectivity index (χ3v) is 2.23. The number of carbonyl (C=O) groups excluding carboxylic acids is 1. The Bertz CT molecular complexity index is 506. The summed E-state index contributed by atoms with van der Waals surface area (Å²) in [5.41, 5.74) is -2.11. The van der Waals surface area contributed by atoms with E-state index in [-0.39, 0.29) is 12.1 Å². The molecular formula is C11H14N2O5. The summed E-state index contributed by atoms with van der Waals surface area (Å²) in [7, 11) is 0. The van der Waals surface area contributed by atoms with Crippen LogP contribution < -0.4 is 10.7 Å². The highest BCUT2D eigenvalue weighted by Gasteiger charge is 2.25. The number of H-pyrrole nitrogens is 1. The van der Waals surface area contributed by atoms with Crippen molar-refractivity contribution in [1.29, 1.82) is 0 Å². The molecule has 1 amide bonds. The van der Waals surface area contributed by atoms with E-state index >= 15 is 0 Å². The van der Waals surface area contributed by atoms with E-state index < -0.39 is 29.3 Å². The van der Waals surface area contributed by atoms with Crippen molar-refractivity contribution in [2.75, 3.05) is 6.54 Å². The van der Waals surface area contributed by atoms with Crippen LogP contribution in [0.4, 0.5) is 0 Å². The number of aliphatic hydroxyl groups is 1. The number of amides is 1. The van der Waals surface area contributed by atoms with Crippen LogP contribution in [-0.4, -0.2) is 39.2 Å². The van der Waals surface area contributed by atoms with E-state index in [9.17, 15) is 19.5 Å². The van der Waals surface area contributed by atoms with Crippen molar-refractivity contribution in [3.8, 4) is 0 Å². The van der Waals surface area contributed by atoms with E-state index in [0.717, 1.165) is 0 Å². The molecular weight excluding hydrogens is 240 g/mol. The van der Waals surface area contributed by atoms with E-state index in [0.29, 0.717) is 0 Å². The van der Waals surface area contributed by atoms with Gasteiger partial charge in [-0.3, -0.25) is 14.4 Å². The minimum atomic E-state index is -1.57. The van der Waals surface area contributed by atoms with E-state index in [1.807, 2.05) is 0 Å². The SMILES string of the molecule is CC(O)(CNC(=O)c1c[nH]ccc1=O)CC(=O)O. The van der Waals surface area contributed by atoms with Crippen LogP contribution in [-0.2, 0) is 4.79 Å². The smallest absolute Gasteiger partial charge is 0.306 e. The molecule has 4 N–H and O–H groups in total. The molecule has 0 spiro atoms. The second kappa shape index (κ2) is 5.46. The van der Waals surface area contributed by atoms with Gasteiger partial charge in [0.2, 0.25) is 0 Å². The Balaban J connectivity index is 2.65. The monoisotopic (exact) mass is 254 g/mol. The molecule has 1 atom stereocenters. The number of aliphatic carboxylic acids is 1. The second-order valence-electron chi connectivity index (χ2n) is 4.17. The third kappa shape index (κ3) is 4.02. The average Bonchev–Trinajstić information content (AvgIpc) is 2.25. The Morgan fingerprint density at radius 3 is 2.72 bits per heavy atom. The Morgan fingerprint density at radius 2 is 2.17 bits per heavy atom. The van der Waals surface area contributed by atoms with Gasteiger partial charge in [-0.1, -0.05) is 0 Å². The number of nitrogens with one attached hydrogen (secondary N) is 2. The molecule has 0 aliphatic heterocycles. The van der Waals surface area contributed by atoms with Crippen molar-refractivity contribution in [1.82, 2.24) is 10.3 Å². The van der Waals surface area contributed by atoms with Gasteiger partial charge >= 0.3 is 5.97 Å². The maximum atomic E-state index is 11.6. The fourth-order valence-electron chi connectivity index (χ4n) is 1.35. The molecule has 1 heterocycles. The number of rotatable bonds is 5. The van der Waals surface area contributed by atoms with Gasteiger partial charge < -0.3 is 20.5 Å². The Kier molecular flexibility index (Phi) is 4.22. The molecule has 0 aliphatic carbocycles. The van der Waals surface area contributed by atoms with Gasteiger partial charge in [-0.2, -0.15) is 0 Å². The molecule has 0 fully saturated rings. The lowest BCUT2D eigenvalue weighted by molar-refractivity contribution is -0.141. The zero-order chi connectivity index (χ0) is 13.8. The first-order valence-electron chi connectivity index (χ1n) is 5.21. The third-order valence-electron chi connectivity index (χ3n) is 2.23. The maximum Gasteiger partial charge on any atom is 0.306 e. The Hall–Kier alpha value is -2.15. The van der Waals surface area contributed by atoms with Crippen molar-refractivity contribution in [3.05, 3.63) is 34.2 Å². The summed E-state index contributed by atoms with van der Waals surface area (Å²) in [6.07, 6.45) is 2.13. The van der Waals surface area contributed by atoms with Crippen molar-refractivity contribution >= 4 is 11.9 Å². The largest absolute Gasteiger partial charge is 0.481 e. The number of aromatic amines is 1. The lowest BCUT2D eigenvalue weighted by atomic mass is 10.0. The standard InChI is InChI=1S/C11H14N2O5/c1-11(18,4-9(15)16)6-13-10(17)7-5-12-3-2-8(7)14/h2-3,5,18H,4,6H2,1H3,(H,12,14)(H,13,17)(H,15,16). The number of aromatic nitrogens is 1. The molecule has 0 aromatic carbocycles. The molecule has 0 radical (unpaired) electrons. The van der Waals surface area contributed by atoms with Crippen LogP contribution in [0.2, 0.25) is 0 Å². The molecule has 98 valence electrons. The summed E-state index contributed by atoms with van der Waals surface area (Å²) in [6.45, 7) is 1.03. The first-order valence-corrected chi connectivity index (χ1v) is 5.21. The van der Waals surface area contributed by atoms with Crippen molar-refractivity contribution in [2.24, 2.45) is 0 Å². The highest BCUT2D eigenvalue weighted by atomic mass is 16.4. The first kappa shape index (κ1) is 13.9. The van der Waals surface area contributed by atoms with Crippen molar-refractivity contribution in [3.63, 3.8) is 0 Å². The number of carbonyl (C=O) groups is 2. The molecule has 18 heavy (non-hydrogen) atoms. The zero-order valence-electron chi connectivity index (χ0n) is 9.77. The topological polar surface area (TPSA) is 119 Å². The minimum Gasteiger partial charge on any atom is -0.481 e. The van der Waals surface area contributed by atoms with Gasteiger partial charge in [-0.15, -0.1) is 0 Å². The first-order chi connectivity index (χ1) is 8.32. The van der Waals surface area contributed by atoms with Gasteiger partial charge in [0.1, 0.15) is 5.56 Å². The molecule has 1 aromatic rings. The maximum absolute atomic E-state index is 11.6. The molecule has 1 aromatic heterocycles. The van der Waals surface area contributed by atoms with Gasteiger partial charge in [0.25, 0.3) is 5.91 Å². The average molecular weight is 254 g/mol. The second-order valence-corrected chi connectivity index (χ2v) is 4.17. The number of pyridine rings is 1. The Morgan fingerprint density at radius 1 is 1.50 bits per heavy atom. The van der Waals surface area contributed by atoms with E-state index in [2.05, 4.69) is 10.3 Å². The fourth-order valence-corrected chi connectivity index (χ4v) is 1.35. The van der Waals surface area contributed by atoms with Crippen molar-refractivity contribution in [2.45, 2.75) is 18.9 Å². The normalized spacial score (nSPS) is 13.7. The summed E-state index contributed by atoms with van der Waals surface area (Å²) in [6, 6.07) is 1.20. The molecule has 0 saturated carbocycles. The van der Waals surface area contributed by atoms with Crippen LogP contribution in [0.5, 0.6) is 0 Å². The number of carboxylic acids is 1. The van der Waals surface area contributed by atoms with E-state index in [4.69, 9.17) is 5.11 Å². The molecule has 7 nitrogen and oxygen atoms in total. The molecule has 0 aliphatic rings. The van der Waals surface area contributed by atoms with Crippen LogP contribution in [0, 0.1) is 0 Å². The molecule has 0 saturated heterocycles. The predicted octanol–water partition coefficient (Wildman–Crippen LogP) is -0.670. The molecule has 1 rings (SSSR count). The van der Waals surface area contributed by atoms with Gasteiger partial charge in [0, 0.05) is 25.0 Å². The van der Waals surface area contributed by atoms with Crippen molar-refractivity contribution < 1.29 is 19.8 Å². The lowest BCUT2D eigenvalue weighted by Gasteiger charge is -2.21.